The van der Waals surface area contributed by atoms with Crippen LogP contribution in [-0.2, 0) is 5.60 Å². The van der Waals surface area contributed by atoms with Gasteiger partial charge in [-0.1, -0.05) is 76.6 Å². The van der Waals surface area contributed by atoms with Gasteiger partial charge in [0.2, 0.25) is 0 Å². The molecule has 0 saturated heterocycles. The van der Waals surface area contributed by atoms with E-state index in [2.05, 4.69) is 15.9 Å². The Morgan fingerprint density at radius 2 is 1.52 bits per heavy atom. The first-order chi connectivity index (χ1) is 12.1. The van der Waals surface area contributed by atoms with Crippen molar-refractivity contribution in [1.82, 2.24) is 0 Å². The number of carbonyl (C=O) groups is 1. The molecule has 0 fully saturated rings. The zero-order chi connectivity index (χ0) is 17.4. The SMILES string of the molecule is O=C1c2ccccc2OC(c2ccccc2)(c2ccccc2Br)C1O. The summed E-state index contributed by atoms with van der Waals surface area (Å²) in [5, 5.41) is 11.1. The molecule has 2 unspecified atom stereocenters. The lowest BCUT2D eigenvalue weighted by atomic mass is 9.76. The van der Waals surface area contributed by atoms with Crippen LogP contribution in [0.5, 0.6) is 5.75 Å². The van der Waals surface area contributed by atoms with Gasteiger partial charge in [-0.2, -0.15) is 0 Å². The average molecular weight is 395 g/mol. The van der Waals surface area contributed by atoms with Crippen LogP contribution in [0.15, 0.2) is 83.3 Å². The summed E-state index contributed by atoms with van der Waals surface area (Å²) < 4.78 is 7.12. The normalized spacial score (nSPS) is 22.2. The summed E-state index contributed by atoms with van der Waals surface area (Å²) in [6, 6.07) is 23.9. The Morgan fingerprint density at radius 3 is 2.28 bits per heavy atom. The third kappa shape index (κ3) is 2.41. The van der Waals surface area contributed by atoms with E-state index in [0.29, 0.717) is 16.9 Å². The van der Waals surface area contributed by atoms with Crippen LogP contribution in [0.4, 0.5) is 0 Å². The number of Topliss-reactive ketones (excluding diaryl/α,β-unsaturated/α-hetero) is 1. The molecule has 1 N–H and O–H groups in total. The summed E-state index contributed by atoms with van der Waals surface area (Å²) in [7, 11) is 0. The molecule has 1 aliphatic rings. The minimum absolute atomic E-state index is 0.346. The second kappa shape index (κ2) is 6.14. The number of ether oxygens (including phenoxy) is 1. The van der Waals surface area contributed by atoms with Crippen molar-refractivity contribution in [3.63, 3.8) is 0 Å². The Labute approximate surface area is 154 Å². The fourth-order valence-corrected chi connectivity index (χ4v) is 3.92. The molecule has 2 atom stereocenters. The Kier molecular flexibility index (Phi) is 3.94. The summed E-state index contributed by atoms with van der Waals surface area (Å²) in [6.45, 7) is 0. The van der Waals surface area contributed by atoms with Gasteiger partial charge in [0.15, 0.2) is 17.5 Å². The number of benzene rings is 3. The molecule has 0 radical (unpaired) electrons. The Balaban J connectivity index is 2.04. The molecule has 0 aromatic heterocycles. The first kappa shape index (κ1) is 16.1. The predicted octanol–water partition coefficient (Wildman–Crippen LogP) is 4.33. The molecule has 3 aromatic carbocycles. The van der Waals surface area contributed by atoms with Gasteiger partial charge in [0.25, 0.3) is 0 Å². The Morgan fingerprint density at radius 1 is 0.880 bits per heavy atom. The molecule has 4 heteroatoms. The van der Waals surface area contributed by atoms with Gasteiger partial charge in [0, 0.05) is 15.6 Å². The maximum Gasteiger partial charge on any atom is 0.199 e. The molecule has 0 saturated carbocycles. The molecule has 0 spiro atoms. The molecule has 0 aliphatic carbocycles. The highest BCUT2D eigenvalue weighted by atomic mass is 79.9. The van der Waals surface area contributed by atoms with Crippen LogP contribution in [0, 0.1) is 0 Å². The first-order valence-corrected chi connectivity index (χ1v) is 8.75. The van der Waals surface area contributed by atoms with Crippen molar-refractivity contribution in [2.24, 2.45) is 0 Å². The third-order valence-electron chi connectivity index (χ3n) is 4.53. The fourth-order valence-electron chi connectivity index (χ4n) is 3.34. The summed E-state index contributed by atoms with van der Waals surface area (Å²) in [5.41, 5.74) is 0.509. The van der Waals surface area contributed by atoms with Crippen LogP contribution >= 0.6 is 15.9 Å². The van der Waals surface area contributed by atoms with Crippen molar-refractivity contribution < 1.29 is 14.6 Å². The number of aliphatic hydroxyl groups excluding tert-OH is 1. The summed E-state index contributed by atoms with van der Waals surface area (Å²) in [5.74, 6) is 0.124. The van der Waals surface area contributed by atoms with Crippen LogP contribution in [0.2, 0.25) is 0 Å². The predicted molar refractivity (Wildman–Crippen MR) is 98.8 cm³/mol. The van der Waals surface area contributed by atoms with E-state index in [4.69, 9.17) is 4.74 Å². The number of aliphatic hydroxyl groups is 1. The molecular formula is C21H15BrO3. The van der Waals surface area contributed by atoms with Gasteiger partial charge in [-0.05, 0) is 18.2 Å². The highest BCUT2D eigenvalue weighted by Crippen LogP contribution is 2.46. The number of hydrogen-bond acceptors (Lipinski definition) is 3. The number of fused-ring (bicyclic) bond motifs is 1. The Bertz CT molecular complexity index is 939. The molecule has 3 nitrogen and oxygen atoms in total. The summed E-state index contributed by atoms with van der Waals surface area (Å²) >= 11 is 3.55. The maximum atomic E-state index is 12.9. The average Bonchev–Trinajstić information content (AvgIpc) is 2.66. The van der Waals surface area contributed by atoms with Crippen LogP contribution in [0.3, 0.4) is 0 Å². The lowest BCUT2D eigenvalue weighted by molar-refractivity contribution is -0.0267. The molecule has 1 aliphatic heterocycles. The minimum atomic E-state index is -1.36. The number of para-hydroxylation sites is 1. The Hall–Kier alpha value is -2.43. The van der Waals surface area contributed by atoms with Crippen molar-refractivity contribution >= 4 is 21.7 Å². The first-order valence-electron chi connectivity index (χ1n) is 7.95. The molecule has 25 heavy (non-hydrogen) atoms. The van der Waals surface area contributed by atoms with Gasteiger partial charge in [0.1, 0.15) is 5.75 Å². The summed E-state index contributed by atoms with van der Waals surface area (Å²) in [4.78, 5) is 12.9. The van der Waals surface area contributed by atoms with Crippen LogP contribution in [-0.4, -0.2) is 17.0 Å². The van der Waals surface area contributed by atoms with E-state index in [1.165, 1.54) is 0 Å². The third-order valence-corrected chi connectivity index (χ3v) is 5.23. The zero-order valence-electron chi connectivity index (χ0n) is 13.2. The minimum Gasteiger partial charge on any atom is -0.474 e. The van der Waals surface area contributed by atoms with Gasteiger partial charge in [-0.15, -0.1) is 0 Å². The zero-order valence-corrected chi connectivity index (χ0v) is 14.8. The molecule has 3 aromatic rings. The van der Waals surface area contributed by atoms with E-state index >= 15 is 0 Å². The largest absolute Gasteiger partial charge is 0.474 e. The van der Waals surface area contributed by atoms with Gasteiger partial charge >= 0.3 is 0 Å². The second-order valence-corrected chi connectivity index (χ2v) is 6.80. The second-order valence-electron chi connectivity index (χ2n) is 5.95. The van der Waals surface area contributed by atoms with Crippen molar-refractivity contribution in [2.45, 2.75) is 11.7 Å². The van der Waals surface area contributed by atoms with Crippen molar-refractivity contribution in [1.29, 1.82) is 0 Å². The van der Waals surface area contributed by atoms with Crippen molar-refractivity contribution in [2.75, 3.05) is 0 Å². The molecular weight excluding hydrogens is 380 g/mol. The maximum absolute atomic E-state index is 12.9. The van der Waals surface area contributed by atoms with Crippen LogP contribution < -0.4 is 4.74 Å². The van der Waals surface area contributed by atoms with Crippen LogP contribution in [0.25, 0.3) is 0 Å². The van der Waals surface area contributed by atoms with Gasteiger partial charge < -0.3 is 9.84 Å². The molecule has 124 valence electrons. The van der Waals surface area contributed by atoms with Crippen LogP contribution in [0.1, 0.15) is 21.5 Å². The molecule has 0 bridgehead atoms. The summed E-state index contributed by atoms with van der Waals surface area (Å²) in [6.07, 6.45) is -1.36. The van der Waals surface area contributed by atoms with E-state index in [1.807, 2.05) is 60.7 Å². The molecule has 0 amide bonds. The van der Waals surface area contributed by atoms with Crippen molar-refractivity contribution in [3.05, 3.63) is 100 Å². The van der Waals surface area contributed by atoms with E-state index < -0.39 is 11.7 Å². The lowest BCUT2D eigenvalue weighted by Gasteiger charge is -2.42. The van der Waals surface area contributed by atoms with E-state index in [0.717, 1.165) is 10.0 Å². The molecule has 1 heterocycles. The number of carbonyl (C=O) groups excluding carboxylic acids is 1. The highest BCUT2D eigenvalue weighted by molar-refractivity contribution is 9.10. The lowest BCUT2D eigenvalue weighted by Crippen LogP contribution is -2.53. The van der Waals surface area contributed by atoms with E-state index in [1.54, 1.807) is 18.2 Å². The highest BCUT2D eigenvalue weighted by Gasteiger charge is 2.52. The monoisotopic (exact) mass is 394 g/mol. The van der Waals surface area contributed by atoms with E-state index in [-0.39, 0.29) is 5.78 Å². The van der Waals surface area contributed by atoms with Gasteiger partial charge in [-0.3, -0.25) is 4.79 Å². The van der Waals surface area contributed by atoms with E-state index in [9.17, 15) is 9.90 Å². The number of ketones is 1. The standard InChI is InChI=1S/C21H15BrO3/c22-17-12-6-5-11-16(17)21(14-8-2-1-3-9-14)20(24)19(23)15-10-4-7-13-18(15)25-21/h1-13,20,24H. The van der Waals surface area contributed by atoms with Gasteiger partial charge in [-0.25, -0.2) is 0 Å². The number of rotatable bonds is 2. The smallest absolute Gasteiger partial charge is 0.199 e. The van der Waals surface area contributed by atoms with Crippen molar-refractivity contribution in [3.8, 4) is 5.75 Å². The van der Waals surface area contributed by atoms with Gasteiger partial charge in [0.05, 0.1) is 5.56 Å². The quantitative estimate of drug-likeness (QED) is 0.703. The molecule has 4 rings (SSSR count). The topological polar surface area (TPSA) is 46.5 Å². The number of hydrogen-bond donors (Lipinski definition) is 1. The number of halogens is 1. The fraction of sp³-hybridized carbons (Fsp3) is 0.0952.